The average Bonchev–Trinajstić information content (AvgIpc) is 2.85. The first-order valence-corrected chi connectivity index (χ1v) is 11.0. The van der Waals surface area contributed by atoms with Crippen LogP contribution < -0.4 is 16.4 Å². The van der Waals surface area contributed by atoms with Gasteiger partial charge in [0.1, 0.15) is 5.82 Å². The summed E-state index contributed by atoms with van der Waals surface area (Å²) < 4.78 is 0. The summed E-state index contributed by atoms with van der Waals surface area (Å²) in [5.41, 5.74) is 10.5. The van der Waals surface area contributed by atoms with Gasteiger partial charge < -0.3 is 16.4 Å². The monoisotopic (exact) mass is 451 g/mol. The van der Waals surface area contributed by atoms with Crippen LogP contribution >= 0.6 is 0 Å². The van der Waals surface area contributed by atoms with Crippen LogP contribution in [0.3, 0.4) is 0 Å². The molecule has 0 aliphatic carbocycles. The Labute approximate surface area is 200 Å². The van der Waals surface area contributed by atoms with E-state index in [0.717, 1.165) is 16.8 Å². The zero-order valence-corrected chi connectivity index (χ0v) is 19.4. The highest BCUT2D eigenvalue weighted by Crippen LogP contribution is 2.23. The molecule has 2 aromatic carbocycles. The van der Waals surface area contributed by atoms with Crippen LogP contribution in [0.4, 0.5) is 17.2 Å². The van der Waals surface area contributed by atoms with Crippen LogP contribution in [0.25, 0.3) is 11.3 Å². The number of anilines is 3. The lowest BCUT2D eigenvalue weighted by Gasteiger charge is -2.16. The maximum atomic E-state index is 12.7. The van der Waals surface area contributed by atoms with Crippen molar-refractivity contribution >= 4 is 23.1 Å². The van der Waals surface area contributed by atoms with Gasteiger partial charge in [-0.3, -0.25) is 9.78 Å². The number of nitrogen functional groups attached to an aromatic ring is 1. The van der Waals surface area contributed by atoms with Gasteiger partial charge in [0.05, 0.1) is 24.1 Å². The average molecular weight is 452 g/mol. The van der Waals surface area contributed by atoms with Gasteiger partial charge in [0.2, 0.25) is 0 Å². The smallest absolute Gasteiger partial charge is 0.255 e. The van der Waals surface area contributed by atoms with Crippen molar-refractivity contribution < 1.29 is 4.79 Å². The van der Waals surface area contributed by atoms with E-state index in [2.05, 4.69) is 27.2 Å². The van der Waals surface area contributed by atoms with Crippen molar-refractivity contribution in [2.75, 3.05) is 16.4 Å². The lowest BCUT2D eigenvalue weighted by molar-refractivity contribution is -0.112. The van der Waals surface area contributed by atoms with Crippen LogP contribution in [0, 0.1) is 0 Å². The molecule has 0 unspecified atom stereocenters. The Morgan fingerprint density at radius 3 is 2.62 bits per heavy atom. The molecule has 34 heavy (non-hydrogen) atoms. The number of benzene rings is 2. The highest BCUT2D eigenvalue weighted by molar-refractivity contribution is 6.05. The summed E-state index contributed by atoms with van der Waals surface area (Å²) in [5.74, 6) is 0.482. The van der Waals surface area contributed by atoms with Crippen molar-refractivity contribution in [1.82, 2.24) is 9.97 Å². The van der Waals surface area contributed by atoms with Gasteiger partial charge in [-0.2, -0.15) is 0 Å². The van der Waals surface area contributed by atoms with E-state index in [9.17, 15) is 4.79 Å². The van der Waals surface area contributed by atoms with E-state index in [1.54, 1.807) is 42.8 Å². The fourth-order valence-electron chi connectivity index (χ4n) is 3.23. The SMILES string of the molecule is C=C/C=C/C=C\C(=C/C)C(=O)Nc1cccc([C@H](C)Nc2cncc(-c3ccc(N)cc3)n2)c1. The third-order valence-electron chi connectivity index (χ3n) is 5.06. The van der Waals surface area contributed by atoms with E-state index in [1.165, 1.54) is 0 Å². The molecule has 0 aliphatic rings. The summed E-state index contributed by atoms with van der Waals surface area (Å²) in [4.78, 5) is 21.6. The fourth-order valence-corrected chi connectivity index (χ4v) is 3.23. The van der Waals surface area contributed by atoms with E-state index in [-0.39, 0.29) is 11.9 Å². The molecule has 1 atom stereocenters. The third-order valence-corrected chi connectivity index (χ3v) is 5.06. The van der Waals surface area contributed by atoms with Gasteiger partial charge in [-0.15, -0.1) is 0 Å². The largest absolute Gasteiger partial charge is 0.399 e. The van der Waals surface area contributed by atoms with Crippen molar-refractivity contribution in [2.45, 2.75) is 19.9 Å². The van der Waals surface area contributed by atoms with Crippen molar-refractivity contribution in [3.8, 4) is 11.3 Å². The first kappa shape index (κ1) is 24.2. The number of hydrogen-bond acceptors (Lipinski definition) is 5. The third kappa shape index (κ3) is 6.77. The zero-order chi connectivity index (χ0) is 24.3. The molecule has 3 rings (SSSR count). The van der Waals surface area contributed by atoms with Crippen LogP contribution in [0.2, 0.25) is 0 Å². The maximum Gasteiger partial charge on any atom is 0.255 e. The van der Waals surface area contributed by atoms with E-state index >= 15 is 0 Å². The second kappa shape index (κ2) is 12.0. The summed E-state index contributed by atoms with van der Waals surface area (Å²) in [6.45, 7) is 7.49. The minimum atomic E-state index is -0.175. The molecule has 1 amide bonds. The second-order valence-corrected chi connectivity index (χ2v) is 7.58. The van der Waals surface area contributed by atoms with Gasteiger partial charge in [-0.05, 0) is 49.8 Å². The Bertz CT molecular complexity index is 1230. The lowest BCUT2D eigenvalue weighted by atomic mass is 10.1. The number of nitrogens with two attached hydrogens (primary N) is 1. The Hall–Kier alpha value is -4.45. The number of carbonyl (C=O) groups excluding carboxylic acids is 1. The molecule has 0 saturated carbocycles. The first-order chi connectivity index (χ1) is 16.5. The van der Waals surface area contributed by atoms with Gasteiger partial charge >= 0.3 is 0 Å². The Morgan fingerprint density at radius 2 is 1.88 bits per heavy atom. The van der Waals surface area contributed by atoms with Crippen LogP contribution in [-0.4, -0.2) is 15.9 Å². The lowest BCUT2D eigenvalue weighted by Crippen LogP contribution is -2.14. The molecule has 0 aliphatic heterocycles. The predicted molar refractivity (Wildman–Crippen MR) is 141 cm³/mol. The molecular formula is C28H29N5O. The summed E-state index contributed by atoms with van der Waals surface area (Å²) in [7, 11) is 0. The molecule has 6 nitrogen and oxygen atoms in total. The van der Waals surface area contributed by atoms with Gasteiger partial charge in [0.15, 0.2) is 0 Å². The number of allylic oxidation sites excluding steroid dienone is 5. The molecular weight excluding hydrogens is 422 g/mol. The van der Waals surface area contributed by atoms with Crippen LogP contribution in [0.15, 0.2) is 110 Å². The van der Waals surface area contributed by atoms with Crippen LogP contribution in [0.1, 0.15) is 25.5 Å². The molecule has 1 heterocycles. The molecule has 0 radical (unpaired) electrons. The Kier molecular flexibility index (Phi) is 8.52. The number of nitrogens with zero attached hydrogens (tertiary/aromatic N) is 2. The number of hydrogen-bond donors (Lipinski definition) is 3. The molecule has 3 aromatic rings. The van der Waals surface area contributed by atoms with Crippen LogP contribution in [0.5, 0.6) is 0 Å². The summed E-state index contributed by atoms with van der Waals surface area (Å²) >= 11 is 0. The summed E-state index contributed by atoms with van der Waals surface area (Å²) in [5, 5.41) is 6.34. The maximum absolute atomic E-state index is 12.7. The molecule has 0 saturated heterocycles. The molecule has 4 N–H and O–H groups in total. The predicted octanol–water partition coefficient (Wildman–Crippen LogP) is 6.08. The highest BCUT2D eigenvalue weighted by Gasteiger charge is 2.11. The second-order valence-electron chi connectivity index (χ2n) is 7.58. The summed E-state index contributed by atoms with van der Waals surface area (Å²) in [6.07, 6.45) is 14.0. The number of rotatable bonds is 9. The van der Waals surface area contributed by atoms with E-state index in [1.807, 2.05) is 68.5 Å². The van der Waals surface area contributed by atoms with Crippen LogP contribution in [-0.2, 0) is 4.79 Å². The minimum absolute atomic E-state index is 0.0575. The quantitative estimate of drug-likeness (QED) is 0.208. The van der Waals surface area contributed by atoms with Gasteiger partial charge in [-0.1, -0.05) is 61.2 Å². The number of carbonyl (C=O) groups is 1. The summed E-state index contributed by atoms with van der Waals surface area (Å²) in [6, 6.07) is 15.2. The first-order valence-electron chi connectivity index (χ1n) is 11.0. The van der Waals surface area contributed by atoms with E-state index in [4.69, 9.17) is 5.73 Å². The van der Waals surface area contributed by atoms with Crippen molar-refractivity contribution in [1.29, 1.82) is 0 Å². The van der Waals surface area contributed by atoms with Gasteiger partial charge in [0, 0.05) is 22.5 Å². The standard InChI is InChI=1S/C28H29N5O/c1-4-6-7-8-10-21(5-2)28(34)32-25-12-9-11-23(17-25)20(3)31-27-19-30-18-26(33-27)22-13-15-24(29)16-14-22/h4-20H,1,29H2,2-3H3,(H,31,33)(H,32,34)/b7-6+,10-8-,21-5+/t20-/m0/s1. The van der Waals surface area contributed by atoms with Crippen molar-refractivity contribution in [3.63, 3.8) is 0 Å². The minimum Gasteiger partial charge on any atom is -0.399 e. The Morgan fingerprint density at radius 1 is 1.09 bits per heavy atom. The van der Waals surface area contributed by atoms with Gasteiger partial charge in [-0.25, -0.2) is 4.98 Å². The normalized spacial score (nSPS) is 12.6. The molecule has 0 fully saturated rings. The molecule has 6 heteroatoms. The fraction of sp³-hybridized carbons (Fsp3) is 0.107. The Balaban J connectivity index is 1.69. The number of amides is 1. The molecule has 0 spiro atoms. The molecule has 172 valence electrons. The van der Waals surface area contributed by atoms with Gasteiger partial charge in [0.25, 0.3) is 5.91 Å². The molecule has 0 bridgehead atoms. The van der Waals surface area contributed by atoms with E-state index in [0.29, 0.717) is 22.8 Å². The molecule has 1 aromatic heterocycles. The van der Waals surface area contributed by atoms with Crippen molar-refractivity contribution in [3.05, 3.63) is 115 Å². The number of aromatic nitrogens is 2. The number of nitrogens with one attached hydrogen (secondary N) is 2. The topological polar surface area (TPSA) is 92.9 Å². The zero-order valence-electron chi connectivity index (χ0n) is 19.4. The highest BCUT2D eigenvalue weighted by atomic mass is 16.1. The van der Waals surface area contributed by atoms with E-state index < -0.39 is 0 Å². The van der Waals surface area contributed by atoms with Crippen molar-refractivity contribution in [2.24, 2.45) is 0 Å².